The molecular formula is C15H30F2Sn. The number of halogens is 2. The van der Waals surface area contributed by atoms with Crippen molar-refractivity contribution in [2.75, 3.05) is 0 Å². The first-order valence-corrected chi connectivity index (χ1v) is 15.0. The predicted molar refractivity (Wildman–Crippen MR) is 79.8 cm³/mol. The van der Waals surface area contributed by atoms with Crippen molar-refractivity contribution in [3.63, 3.8) is 0 Å². The van der Waals surface area contributed by atoms with Crippen LogP contribution in [-0.2, 0) is 0 Å². The van der Waals surface area contributed by atoms with Crippen LogP contribution in [0.25, 0.3) is 0 Å². The van der Waals surface area contributed by atoms with Crippen LogP contribution < -0.4 is 0 Å². The van der Waals surface area contributed by atoms with Gasteiger partial charge in [0.25, 0.3) is 0 Å². The van der Waals surface area contributed by atoms with Gasteiger partial charge in [0.1, 0.15) is 0 Å². The first kappa shape index (κ1) is 18.4. The van der Waals surface area contributed by atoms with E-state index in [1.165, 1.54) is 6.92 Å². The van der Waals surface area contributed by atoms with E-state index in [0.29, 0.717) is 0 Å². The summed E-state index contributed by atoms with van der Waals surface area (Å²) in [6, 6.07) is 0. The molecule has 18 heavy (non-hydrogen) atoms. The van der Waals surface area contributed by atoms with Crippen LogP contribution in [0.3, 0.4) is 0 Å². The van der Waals surface area contributed by atoms with Gasteiger partial charge in [-0.1, -0.05) is 0 Å². The van der Waals surface area contributed by atoms with Crippen molar-refractivity contribution >= 4 is 18.4 Å². The molecule has 0 amide bonds. The minimum atomic E-state index is -3.04. The van der Waals surface area contributed by atoms with Gasteiger partial charge in [-0.15, -0.1) is 0 Å². The van der Waals surface area contributed by atoms with Gasteiger partial charge in [-0.05, 0) is 0 Å². The fourth-order valence-corrected chi connectivity index (χ4v) is 17.5. The summed E-state index contributed by atoms with van der Waals surface area (Å²) in [4.78, 5) is 0. The van der Waals surface area contributed by atoms with E-state index in [4.69, 9.17) is 0 Å². The SMILES string of the molecule is CCC[CH2][Sn]([CH2]CCC)([CH2]CCC)/[C](F)=C(/C)F. The number of allylic oxidation sites excluding steroid dienone is 1. The average Bonchev–Trinajstić information content (AvgIpc) is 2.37. The van der Waals surface area contributed by atoms with Gasteiger partial charge < -0.3 is 0 Å². The molecule has 0 bridgehead atoms. The molecule has 0 heterocycles. The summed E-state index contributed by atoms with van der Waals surface area (Å²) in [5, 5.41) is 0. The predicted octanol–water partition coefficient (Wildman–Crippen LogP) is 6.55. The molecule has 0 nitrogen and oxygen atoms in total. The second-order valence-electron chi connectivity index (χ2n) is 5.44. The maximum atomic E-state index is 14.4. The van der Waals surface area contributed by atoms with Crippen LogP contribution >= 0.6 is 0 Å². The third-order valence-electron chi connectivity index (χ3n) is 3.79. The first-order valence-electron chi connectivity index (χ1n) is 7.56. The molecule has 0 rings (SSSR count). The third-order valence-corrected chi connectivity index (χ3v) is 18.7. The molecule has 0 saturated heterocycles. The fourth-order valence-electron chi connectivity index (χ4n) is 2.62. The van der Waals surface area contributed by atoms with Crippen LogP contribution in [0.2, 0.25) is 13.3 Å². The van der Waals surface area contributed by atoms with Crippen LogP contribution in [0.5, 0.6) is 0 Å². The van der Waals surface area contributed by atoms with Gasteiger partial charge in [0.2, 0.25) is 0 Å². The number of hydrogen-bond donors (Lipinski definition) is 0. The summed E-state index contributed by atoms with van der Waals surface area (Å²) < 4.78 is 30.6. The minimum absolute atomic E-state index is 0.264. The molecule has 3 heteroatoms. The molecule has 0 atom stereocenters. The summed E-state index contributed by atoms with van der Waals surface area (Å²) in [5.41, 5.74) is 0. The average molecular weight is 367 g/mol. The molecule has 0 unspecified atom stereocenters. The van der Waals surface area contributed by atoms with Gasteiger partial charge >= 0.3 is 116 Å². The Morgan fingerprint density at radius 2 is 1.11 bits per heavy atom. The summed E-state index contributed by atoms with van der Waals surface area (Å²) in [6.45, 7) is 7.73. The van der Waals surface area contributed by atoms with E-state index in [-0.39, 0.29) is 3.84 Å². The van der Waals surface area contributed by atoms with Crippen LogP contribution in [0, 0.1) is 0 Å². The van der Waals surface area contributed by atoms with Crippen LogP contribution in [0.1, 0.15) is 66.2 Å². The van der Waals surface area contributed by atoms with E-state index in [1.54, 1.807) is 0 Å². The Kier molecular flexibility index (Phi) is 10.4. The van der Waals surface area contributed by atoms with Crippen molar-refractivity contribution in [3.05, 3.63) is 9.67 Å². The second kappa shape index (κ2) is 10.2. The number of rotatable bonds is 10. The molecule has 0 fully saturated rings. The number of unbranched alkanes of at least 4 members (excludes halogenated alkanes) is 3. The molecule has 0 aliphatic heterocycles. The molecule has 0 aromatic heterocycles. The molecule has 0 aromatic rings. The second-order valence-corrected chi connectivity index (χ2v) is 18.3. The zero-order valence-corrected chi connectivity index (χ0v) is 15.5. The van der Waals surface area contributed by atoms with Crippen molar-refractivity contribution in [2.45, 2.75) is 79.5 Å². The molecule has 0 radical (unpaired) electrons. The van der Waals surface area contributed by atoms with Crippen molar-refractivity contribution < 1.29 is 8.78 Å². The van der Waals surface area contributed by atoms with Crippen molar-refractivity contribution in [1.29, 1.82) is 0 Å². The molecular weight excluding hydrogens is 337 g/mol. The van der Waals surface area contributed by atoms with Crippen LogP contribution in [0.4, 0.5) is 8.78 Å². The van der Waals surface area contributed by atoms with E-state index in [1.807, 2.05) is 0 Å². The van der Waals surface area contributed by atoms with E-state index in [2.05, 4.69) is 20.8 Å². The summed E-state index contributed by atoms with van der Waals surface area (Å²) in [5.74, 6) is -0.519. The van der Waals surface area contributed by atoms with Gasteiger partial charge in [0, 0.05) is 0 Å². The van der Waals surface area contributed by atoms with Crippen molar-refractivity contribution in [2.24, 2.45) is 0 Å². The molecule has 0 aliphatic carbocycles. The van der Waals surface area contributed by atoms with E-state index >= 15 is 0 Å². The summed E-state index contributed by atoms with van der Waals surface area (Å²) in [6.07, 6.45) is 6.50. The topological polar surface area (TPSA) is 0 Å². The quantitative estimate of drug-likeness (QED) is 0.385. The Bertz CT molecular complexity index is 223. The van der Waals surface area contributed by atoms with Gasteiger partial charge in [0.15, 0.2) is 0 Å². The van der Waals surface area contributed by atoms with Gasteiger partial charge in [-0.25, -0.2) is 0 Å². The van der Waals surface area contributed by atoms with Crippen LogP contribution in [-0.4, -0.2) is 18.4 Å². The van der Waals surface area contributed by atoms with Gasteiger partial charge in [0.05, 0.1) is 0 Å². The molecule has 0 aliphatic rings. The molecule has 108 valence electrons. The molecule has 0 aromatic carbocycles. The van der Waals surface area contributed by atoms with Gasteiger partial charge in [-0.2, -0.15) is 0 Å². The maximum absolute atomic E-state index is 14.4. The third kappa shape index (κ3) is 6.03. The summed E-state index contributed by atoms with van der Waals surface area (Å²) >= 11 is -3.04. The Balaban J connectivity index is 5.04. The van der Waals surface area contributed by atoms with Crippen molar-refractivity contribution in [1.82, 2.24) is 0 Å². The Morgan fingerprint density at radius 3 is 1.33 bits per heavy atom. The monoisotopic (exact) mass is 368 g/mol. The Hall–Kier alpha value is 0.399. The Labute approximate surface area is 116 Å². The number of hydrogen-bond acceptors (Lipinski definition) is 0. The normalized spacial score (nSPS) is 13.7. The summed E-state index contributed by atoms with van der Waals surface area (Å²) in [7, 11) is 0. The zero-order valence-electron chi connectivity index (χ0n) is 12.6. The molecule has 0 N–H and O–H groups in total. The Morgan fingerprint density at radius 1 is 0.778 bits per heavy atom. The van der Waals surface area contributed by atoms with Gasteiger partial charge in [-0.3, -0.25) is 0 Å². The molecule has 0 spiro atoms. The zero-order chi connectivity index (χ0) is 14.0. The van der Waals surface area contributed by atoms with E-state index in [0.717, 1.165) is 51.8 Å². The standard InChI is InChI=1S/3C4H9.C3H3F2.Sn/c3*1-3-4-2;1-3(5)2-4;/h3*1,3-4H2,2H3;1H3;. The van der Waals surface area contributed by atoms with E-state index < -0.39 is 24.2 Å². The van der Waals surface area contributed by atoms with Crippen molar-refractivity contribution in [3.8, 4) is 0 Å². The first-order chi connectivity index (χ1) is 8.54. The van der Waals surface area contributed by atoms with E-state index in [9.17, 15) is 8.78 Å². The van der Waals surface area contributed by atoms with Crippen LogP contribution in [0.15, 0.2) is 9.67 Å². The fraction of sp³-hybridized carbons (Fsp3) is 0.867. The molecule has 0 saturated carbocycles.